The van der Waals surface area contributed by atoms with Gasteiger partial charge in [0, 0.05) is 17.2 Å². The number of pyridine rings is 1. The standard InChI is InChI=1S/C19H18BrClN4O2S/c1-11(2)9-25-18(27)13-8-12(20)5-6-14(13)24-19(25)28-10-16(26)23-15-4-3-7-22-17(15)21/h3-8,11H,9-10H2,1-2H3,(H,23,26). The van der Waals surface area contributed by atoms with Gasteiger partial charge in [-0.1, -0.05) is 53.1 Å². The molecule has 28 heavy (non-hydrogen) atoms. The van der Waals surface area contributed by atoms with Crippen LogP contribution in [0.25, 0.3) is 10.9 Å². The van der Waals surface area contributed by atoms with E-state index in [4.69, 9.17) is 11.6 Å². The highest BCUT2D eigenvalue weighted by Crippen LogP contribution is 2.22. The number of benzene rings is 1. The highest BCUT2D eigenvalue weighted by molar-refractivity contribution is 9.10. The van der Waals surface area contributed by atoms with Crippen molar-refractivity contribution in [1.29, 1.82) is 0 Å². The molecule has 0 saturated heterocycles. The van der Waals surface area contributed by atoms with Gasteiger partial charge in [0.15, 0.2) is 10.3 Å². The van der Waals surface area contributed by atoms with Gasteiger partial charge >= 0.3 is 0 Å². The maximum Gasteiger partial charge on any atom is 0.262 e. The van der Waals surface area contributed by atoms with Gasteiger partial charge in [-0.3, -0.25) is 14.2 Å². The minimum atomic E-state index is -0.249. The summed E-state index contributed by atoms with van der Waals surface area (Å²) in [7, 11) is 0. The number of nitrogens with one attached hydrogen (secondary N) is 1. The number of anilines is 1. The van der Waals surface area contributed by atoms with Crippen molar-refractivity contribution in [3.05, 3.63) is 56.5 Å². The van der Waals surface area contributed by atoms with Crippen molar-refractivity contribution in [3.8, 4) is 0 Å². The Kier molecular flexibility index (Phi) is 6.74. The molecule has 0 spiro atoms. The lowest BCUT2D eigenvalue weighted by atomic mass is 10.2. The molecule has 0 radical (unpaired) electrons. The summed E-state index contributed by atoms with van der Waals surface area (Å²) in [5.74, 6) is 0.102. The molecule has 6 nitrogen and oxygen atoms in total. The zero-order valence-corrected chi connectivity index (χ0v) is 18.4. The number of hydrogen-bond acceptors (Lipinski definition) is 5. The third-order valence-electron chi connectivity index (χ3n) is 3.79. The quantitative estimate of drug-likeness (QED) is 0.316. The smallest absolute Gasteiger partial charge is 0.262 e. The minimum absolute atomic E-state index is 0.0950. The maximum atomic E-state index is 13.0. The van der Waals surface area contributed by atoms with Gasteiger partial charge in [-0.2, -0.15) is 0 Å². The Morgan fingerprint density at radius 3 is 2.86 bits per heavy atom. The van der Waals surface area contributed by atoms with E-state index in [9.17, 15) is 9.59 Å². The first-order valence-electron chi connectivity index (χ1n) is 8.58. The summed E-state index contributed by atoms with van der Waals surface area (Å²) < 4.78 is 2.46. The first-order valence-corrected chi connectivity index (χ1v) is 10.7. The summed E-state index contributed by atoms with van der Waals surface area (Å²) in [4.78, 5) is 33.9. The molecule has 0 atom stereocenters. The van der Waals surface area contributed by atoms with E-state index in [0.717, 1.165) is 4.47 Å². The van der Waals surface area contributed by atoms with Crippen molar-refractivity contribution < 1.29 is 4.79 Å². The van der Waals surface area contributed by atoms with Gasteiger partial charge in [0.1, 0.15) is 0 Å². The fourth-order valence-electron chi connectivity index (χ4n) is 2.60. The fraction of sp³-hybridized carbons (Fsp3) is 0.263. The number of carbonyl (C=O) groups excluding carboxylic acids is 1. The van der Waals surface area contributed by atoms with Crippen molar-refractivity contribution in [1.82, 2.24) is 14.5 Å². The molecule has 0 aliphatic rings. The monoisotopic (exact) mass is 480 g/mol. The average molecular weight is 482 g/mol. The van der Waals surface area contributed by atoms with Crippen molar-refractivity contribution in [2.45, 2.75) is 25.5 Å². The van der Waals surface area contributed by atoms with Crippen LogP contribution in [-0.2, 0) is 11.3 Å². The predicted octanol–water partition coefficient (Wildman–Crippen LogP) is 4.59. The van der Waals surface area contributed by atoms with Crippen molar-refractivity contribution in [2.24, 2.45) is 5.92 Å². The van der Waals surface area contributed by atoms with E-state index in [1.54, 1.807) is 35.0 Å². The summed E-state index contributed by atoms with van der Waals surface area (Å²) in [5, 5.41) is 4.02. The summed E-state index contributed by atoms with van der Waals surface area (Å²) >= 11 is 10.6. The molecule has 0 unspecified atom stereocenters. The van der Waals surface area contributed by atoms with Crippen molar-refractivity contribution >= 4 is 61.8 Å². The third-order valence-corrected chi connectivity index (χ3v) is 5.57. The second-order valence-electron chi connectivity index (χ2n) is 6.54. The second-order valence-corrected chi connectivity index (χ2v) is 8.76. The predicted molar refractivity (Wildman–Crippen MR) is 117 cm³/mol. The van der Waals surface area contributed by atoms with Crippen molar-refractivity contribution in [3.63, 3.8) is 0 Å². The molecule has 0 fully saturated rings. The fourth-order valence-corrected chi connectivity index (χ4v) is 3.94. The van der Waals surface area contributed by atoms with Crippen LogP contribution in [0.15, 0.2) is 51.0 Å². The molecular formula is C19H18BrClN4O2S. The molecular weight excluding hydrogens is 464 g/mol. The summed E-state index contributed by atoms with van der Waals surface area (Å²) in [6.07, 6.45) is 1.55. The van der Waals surface area contributed by atoms with Crippen LogP contribution in [0.1, 0.15) is 13.8 Å². The number of hydrogen-bond donors (Lipinski definition) is 1. The summed E-state index contributed by atoms with van der Waals surface area (Å²) in [5.41, 5.74) is 0.940. The Morgan fingerprint density at radius 1 is 1.36 bits per heavy atom. The SMILES string of the molecule is CC(C)Cn1c(SCC(=O)Nc2cccnc2Cl)nc2ccc(Br)cc2c1=O. The van der Waals surface area contributed by atoms with Gasteiger partial charge in [0.25, 0.3) is 5.56 Å². The first-order chi connectivity index (χ1) is 13.3. The number of aromatic nitrogens is 3. The molecule has 2 heterocycles. The summed E-state index contributed by atoms with van der Waals surface area (Å²) in [6.45, 7) is 4.58. The topological polar surface area (TPSA) is 76.9 Å². The van der Waals surface area contributed by atoms with E-state index in [1.165, 1.54) is 11.8 Å². The Labute approximate surface area is 179 Å². The molecule has 0 aliphatic carbocycles. The third kappa shape index (κ3) is 4.92. The minimum Gasteiger partial charge on any atom is -0.323 e. The molecule has 1 amide bonds. The number of rotatable bonds is 6. The number of fused-ring (bicyclic) bond motifs is 1. The molecule has 1 aromatic carbocycles. The zero-order valence-electron chi connectivity index (χ0n) is 15.3. The lowest BCUT2D eigenvalue weighted by Gasteiger charge is -2.15. The van der Waals surface area contributed by atoms with Crippen LogP contribution in [-0.4, -0.2) is 26.2 Å². The first kappa shape index (κ1) is 20.8. The molecule has 0 aliphatic heterocycles. The van der Waals surface area contributed by atoms with E-state index in [0.29, 0.717) is 28.3 Å². The normalized spacial score (nSPS) is 11.2. The lowest BCUT2D eigenvalue weighted by molar-refractivity contribution is -0.113. The second kappa shape index (κ2) is 9.07. The van der Waals surface area contributed by atoms with E-state index in [1.807, 2.05) is 19.9 Å². The van der Waals surface area contributed by atoms with E-state index in [2.05, 4.69) is 31.2 Å². The van der Waals surface area contributed by atoms with Gasteiger partial charge < -0.3 is 5.32 Å². The number of carbonyl (C=O) groups is 1. The number of nitrogens with zero attached hydrogens (tertiary/aromatic N) is 3. The van der Waals surface area contributed by atoms with E-state index < -0.39 is 0 Å². The number of thioether (sulfide) groups is 1. The molecule has 0 saturated carbocycles. The van der Waals surface area contributed by atoms with Gasteiger partial charge in [0.05, 0.1) is 22.3 Å². The molecule has 2 aromatic heterocycles. The summed E-state index contributed by atoms with van der Waals surface area (Å²) in [6, 6.07) is 8.77. The Bertz CT molecular complexity index is 1090. The lowest BCUT2D eigenvalue weighted by Crippen LogP contribution is -2.26. The number of amides is 1. The van der Waals surface area contributed by atoms with Crippen LogP contribution < -0.4 is 10.9 Å². The van der Waals surface area contributed by atoms with Crippen LogP contribution in [0.3, 0.4) is 0 Å². The van der Waals surface area contributed by atoms with Crippen LogP contribution in [0.5, 0.6) is 0 Å². The maximum absolute atomic E-state index is 13.0. The highest BCUT2D eigenvalue weighted by atomic mass is 79.9. The van der Waals surface area contributed by atoms with Gasteiger partial charge in [0.2, 0.25) is 5.91 Å². The molecule has 0 bridgehead atoms. The molecule has 9 heteroatoms. The Balaban J connectivity index is 1.87. The average Bonchev–Trinajstić information content (AvgIpc) is 2.65. The Hall–Kier alpha value is -1.90. The molecule has 3 aromatic rings. The van der Waals surface area contributed by atoms with Crippen LogP contribution >= 0.6 is 39.3 Å². The van der Waals surface area contributed by atoms with E-state index in [-0.39, 0.29) is 28.3 Å². The van der Waals surface area contributed by atoms with Crippen LogP contribution in [0.2, 0.25) is 5.15 Å². The molecule has 146 valence electrons. The van der Waals surface area contributed by atoms with Crippen LogP contribution in [0.4, 0.5) is 5.69 Å². The van der Waals surface area contributed by atoms with Crippen LogP contribution in [0, 0.1) is 5.92 Å². The zero-order chi connectivity index (χ0) is 20.3. The van der Waals surface area contributed by atoms with Crippen molar-refractivity contribution in [2.75, 3.05) is 11.1 Å². The van der Waals surface area contributed by atoms with Gasteiger partial charge in [-0.05, 0) is 36.2 Å². The largest absolute Gasteiger partial charge is 0.323 e. The molecule has 3 rings (SSSR count). The van der Waals surface area contributed by atoms with E-state index >= 15 is 0 Å². The Morgan fingerprint density at radius 2 is 2.14 bits per heavy atom. The number of halogens is 2. The molecule has 1 N–H and O–H groups in total. The van der Waals surface area contributed by atoms with Gasteiger partial charge in [-0.25, -0.2) is 9.97 Å². The van der Waals surface area contributed by atoms with Gasteiger partial charge in [-0.15, -0.1) is 0 Å². The highest BCUT2D eigenvalue weighted by Gasteiger charge is 2.15.